The molecule has 2 rings (SSSR count). The second-order valence-electron chi connectivity index (χ2n) is 5.97. The highest BCUT2D eigenvalue weighted by molar-refractivity contribution is 4.78. The largest absolute Gasteiger partial charge is 0.393 e. The molecule has 1 saturated heterocycles. The van der Waals surface area contributed by atoms with Gasteiger partial charge in [-0.05, 0) is 51.7 Å². The summed E-state index contributed by atoms with van der Waals surface area (Å²) in [5.41, 5.74) is 0. The zero-order valence-electron chi connectivity index (χ0n) is 11.5. The van der Waals surface area contributed by atoms with Crippen LogP contribution in [-0.2, 0) is 0 Å². The Kier molecular flexibility index (Phi) is 5.51. The molecule has 0 bridgehead atoms. The number of hydrogen-bond donors (Lipinski definition) is 1. The smallest absolute Gasteiger partial charge is 0.314 e. The van der Waals surface area contributed by atoms with E-state index in [4.69, 9.17) is 0 Å². The van der Waals surface area contributed by atoms with Crippen molar-refractivity contribution in [2.75, 3.05) is 26.2 Å². The summed E-state index contributed by atoms with van der Waals surface area (Å²) in [4.78, 5) is 1.98. The number of nitrogens with one attached hydrogen (secondary N) is 1. The quantitative estimate of drug-likeness (QED) is 0.777. The molecule has 1 N–H and O–H groups in total. The third kappa shape index (κ3) is 4.95. The van der Waals surface area contributed by atoms with Crippen LogP contribution < -0.4 is 5.32 Å². The third-order valence-corrected chi connectivity index (χ3v) is 4.41. The van der Waals surface area contributed by atoms with Crippen molar-refractivity contribution in [3.63, 3.8) is 0 Å². The summed E-state index contributed by atoms with van der Waals surface area (Å²) in [6.45, 7) is 2.77. The predicted molar refractivity (Wildman–Crippen MR) is 70.1 cm³/mol. The maximum absolute atomic E-state index is 12.7. The van der Waals surface area contributed by atoms with Gasteiger partial charge in [0.15, 0.2) is 0 Å². The van der Waals surface area contributed by atoms with Gasteiger partial charge < -0.3 is 10.2 Å². The molecule has 19 heavy (non-hydrogen) atoms. The summed E-state index contributed by atoms with van der Waals surface area (Å²) in [5.74, 6) is -1.11. The Bertz CT molecular complexity index is 262. The third-order valence-electron chi connectivity index (χ3n) is 4.41. The fourth-order valence-electron chi connectivity index (χ4n) is 3.26. The van der Waals surface area contributed by atoms with Crippen LogP contribution in [0.4, 0.5) is 13.2 Å². The SMILES string of the molecule is FC(F)(F)C1CCCN(CCCNC2CCCC2)C1. The Labute approximate surface area is 113 Å². The van der Waals surface area contributed by atoms with Gasteiger partial charge in [0.05, 0.1) is 5.92 Å². The Balaban J connectivity index is 1.60. The predicted octanol–water partition coefficient (Wildman–Crippen LogP) is 3.18. The van der Waals surface area contributed by atoms with Crippen LogP contribution in [0, 0.1) is 5.92 Å². The van der Waals surface area contributed by atoms with E-state index in [9.17, 15) is 13.2 Å². The highest BCUT2D eigenvalue weighted by atomic mass is 19.4. The van der Waals surface area contributed by atoms with Gasteiger partial charge in [-0.1, -0.05) is 12.8 Å². The van der Waals surface area contributed by atoms with E-state index in [-0.39, 0.29) is 6.54 Å². The van der Waals surface area contributed by atoms with Crippen molar-refractivity contribution in [2.45, 2.75) is 57.2 Å². The van der Waals surface area contributed by atoms with Gasteiger partial charge in [0.1, 0.15) is 0 Å². The standard InChI is InChI=1S/C14H25F3N2/c15-14(16,17)12-5-3-9-19(11-12)10-4-8-18-13-6-1-2-7-13/h12-13,18H,1-11H2. The lowest BCUT2D eigenvalue weighted by atomic mass is 9.97. The molecule has 1 heterocycles. The number of likely N-dealkylation sites (tertiary alicyclic amines) is 1. The Morgan fingerprint density at radius 1 is 1.05 bits per heavy atom. The molecule has 1 aliphatic heterocycles. The molecule has 5 heteroatoms. The van der Waals surface area contributed by atoms with Crippen molar-refractivity contribution in [3.8, 4) is 0 Å². The van der Waals surface area contributed by atoms with Gasteiger partial charge >= 0.3 is 6.18 Å². The number of piperidine rings is 1. The van der Waals surface area contributed by atoms with E-state index in [1.807, 2.05) is 4.90 Å². The topological polar surface area (TPSA) is 15.3 Å². The van der Waals surface area contributed by atoms with Gasteiger partial charge in [0.25, 0.3) is 0 Å². The van der Waals surface area contributed by atoms with E-state index in [2.05, 4.69) is 5.32 Å². The molecule has 1 aliphatic carbocycles. The lowest BCUT2D eigenvalue weighted by molar-refractivity contribution is -0.186. The van der Waals surface area contributed by atoms with E-state index in [1.54, 1.807) is 0 Å². The van der Waals surface area contributed by atoms with Gasteiger partial charge in [0, 0.05) is 12.6 Å². The molecule has 1 unspecified atom stereocenters. The number of rotatable bonds is 5. The van der Waals surface area contributed by atoms with Crippen molar-refractivity contribution in [3.05, 3.63) is 0 Å². The van der Waals surface area contributed by atoms with Crippen LogP contribution in [0.3, 0.4) is 0 Å². The normalized spacial score (nSPS) is 27.0. The van der Waals surface area contributed by atoms with Crippen molar-refractivity contribution in [1.29, 1.82) is 0 Å². The van der Waals surface area contributed by atoms with Gasteiger partial charge in [-0.15, -0.1) is 0 Å². The van der Waals surface area contributed by atoms with Crippen LogP contribution in [0.25, 0.3) is 0 Å². The summed E-state index contributed by atoms with van der Waals surface area (Å²) in [7, 11) is 0. The van der Waals surface area contributed by atoms with Crippen LogP contribution in [-0.4, -0.2) is 43.3 Å². The van der Waals surface area contributed by atoms with E-state index in [0.29, 0.717) is 18.9 Å². The molecular weight excluding hydrogens is 253 g/mol. The molecule has 2 aliphatic rings. The lowest BCUT2D eigenvalue weighted by Crippen LogP contribution is -2.42. The monoisotopic (exact) mass is 278 g/mol. The molecule has 0 aromatic rings. The maximum atomic E-state index is 12.7. The van der Waals surface area contributed by atoms with Crippen molar-refractivity contribution >= 4 is 0 Å². The number of alkyl halides is 3. The van der Waals surface area contributed by atoms with Crippen LogP contribution in [0.15, 0.2) is 0 Å². The summed E-state index contributed by atoms with van der Waals surface area (Å²) in [6.07, 6.45) is 3.09. The lowest BCUT2D eigenvalue weighted by Gasteiger charge is -2.33. The number of nitrogens with zero attached hydrogens (tertiary/aromatic N) is 1. The summed E-state index contributed by atoms with van der Waals surface area (Å²) >= 11 is 0. The first-order valence-corrected chi connectivity index (χ1v) is 7.58. The average Bonchev–Trinajstić information content (AvgIpc) is 2.87. The zero-order chi connectivity index (χ0) is 13.7. The highest BCUT2D eigenvalue weighted by Crippen LogP contribution is 2.33. The second-order valence-corrected chi connectivity index (χ2v) is 5.97. The first-order chi connectivity index (χ1) is 9.05. The molecule has 112 valence electrons. The molecular formula is C14H25F3N2. The molecule has 0 aromatic heterocycles. The fraction of sp³-hybridized carbons (Fsp3) is 1.00. The minimum absolute atomic E-state index is 0.201. The van der Waals surface area contributed by atoms with Gasteiger partial charge in [0.2, 0.25) is 0 Å². The van der Waals surface area contributed by atoms with Crippen molar-refractivity contribution in [2.24, 2.45) is 5.92 Å². The molecule has 0 amide bonds. The minimum Gasteiger partial charge on any atom is -0.314 e. The average molecular weight is 278 g/mol. The highest BCUT2D eigenvalue weighted by Gasteiger charge is 2.41. The summed E-state index contributed by atoms with van der Waals surface area (Å²) in [6, 6.07) is 0.657. The molecule has 2 fully saturated rings. The molecule has 1 atom stereocenters. The number of halogens is 3. The van der Waals surface area contributed by atoms with Crippen LogP contribution in [0.1, 0.15) is 44.9 Å². The van der Waals surface area contributed by atoms with Crippen LogP contribution in [0.5, 0.6) is 0 Å². The minimum atomic E-state index is -4.01. The molecule has 0 spiro atoms. The summed E-state index contributed by atoms with van der Waals surface area (Å²) < 4.78 is 38.0. The molecule has 0 aromatic carbocycles. The van der Waals surface area contributed by atoms with E-state index in [0.717, 1.165) is 26.1 Å². The molecule has 1 saturated carbocycles. The van der Waals surface area contributed by atoms with E-state index in [1.165, 1.54) is 25.7 Å². The fourth-order valence-corrected chi connectivity index (χ4v) is 3.26. The number of hydrogen-bond acceptors (Lipinski definition) is 2. The Morgan fingerprint density at radius 2 is 1.79 bits per heavy atom. The van der Waals surface area contributed by atoms with Crippen molar-refractivity contribution in [1.82, 2.24) is 10.2 Å². The van der Waals surface area contributed by atoms with Gasteiger partial charge in [-0.25, -0.2) is 0 Å². The van der Waals surface area contributed by atoms with E-state index >= 15 is 0 Å². The van der Waals surface area contributed by atoms with Gasteiger partial charge in [-0.2, -0.15) is 13.2 Å². The van der Waals surface area contributed by atoms with Crippen molar-refractivity contribution < 1.29 is 13.2 Å². The Hall–Kier alpha value is -0.290. The first kappa shape index (κ1) is 15.1. The molecule has 2 nitrogen and oxygen atoms in total. The second kappa shape index (κ2) is 6.93. The molecule has 0 radical (unpaired) electrons. The van der Waals surface area contributed by atoms with Gasteiger partial charge in [-0.3, -0.25) is 0 Å². The summed E-state index contributed by atoms with van der Waals surface area (Å²) in [5, 5.41) is 3.51. The van der Waals surface area contributed by atoms with Crippen LogP contribution in [0.2, 0.25) is 0 Å². The Morgan fingerprint density at radius 3 is 2.47 bits per heavy atom. The zero-order valence-corrected chi connectivity index (χ0v) is 11.5. The van der Waals surface area contributed by atoms with E-state index < -0.39 is 12.1 Å². The van der Waals surface area contributed by atoms with Crippen LogP contribution >= 0.6 is 0 Å². The maximum Gasteiger partial charge on any atom is 0.393 e. The first-order valence-electron chi connectivity index (χ1n) is 7.58.